The van der Waals surface area contributed by atoms with E-state index in [0.29, 0.717) is 6.54 Å². The largest absolute Gasteiger partial charge is 0.371 e. The number of anilines is 1. The SMILES string of the molecule is CCCC1CCN(c2ccc(CN)cc2Br)CC1. The van der Waals surface area contributed by atoms with Gasteiger partial charge in [0.15, 0.2) is 0 Å². The van der Waals surface area contributed by atoms with Gasteiger partial charge in [-0.15, -0.1) is 0 Å². The van der Waals surface area contributed by atoms with Crippen LogP contribution in [0.25, 0.3) is 0 Å². The van der Waals surface area contributed by atoms with Crippen LogP contribution < -0.4 is 10.6 Å². The van der Waals surface area contributed by atoms with Crippen LogP contribution in [-0.2, 0) is 6.54 Å². The number of hydrogen-bond donors (Lipinski definition) is 1. The molecule has 0 aromatic heterocycles. The van der Waals surface area contributed by atoms with Crippen molar-refractivity contribution in [2.24, 2.45) is 11.7 Å². The predicted molar refractivity (Wildman–Crippen MR) is 81.9 cm³/mol. The Morgan fingerprint density at radius 3 is 2.61 bits per heavy atom. The lowest BCUT2D eigenvalue weighted by molar-refractivity contribution is 0.378. The summed E-state index contributed by atoms with van der Waals surface area (Å²) in [6, 6.07) is 6.48. The molecular weight excluding hydrogens is 288 g/mol. The molecule has 0 saturated carbocycles. The quantitative estimate of drug-likeness (QED) is 0.913. The van der Waals surface area contributed by atoms with Crippen molar-refractivity contribution in [1.29, 1.82) is 0 Å². The van der Waals surface area contributed by atoms with Crippen LogP contribution in [0.5, 0.6) is 0 Å². The fraction of sp³-hybridized carbons (Fsp3) is 0.600. The van der Waals surface area contributed by atoms with E-state index in [4.69, 9.17) is 5.73 Å². The van der Waals surface area contributed by atoms with Crippen LogP contribution in [0.1, 0.15) is 38.2 Å². The van der Waals surface area contributed by atoms with E-state index in [1.807, 2.05) is 0 Å². The van der Waals surface area contributed by atoms with E-state index in [2.05, 4.69) is 46.0 Å². The summed E-state index contributed by atoms with van der Waals surface area (Å²) in [5.74, 6) is 0.938. The Bertz CT molecular complexity index is 384. The first kappa shape index (κ1) is 13.9. The topological polar surface area (TPSA) is 29.3 Å². The van der Waals surface area contributed by atoms with Crippen LogP contribution in [0.2, 0.25) is 0 Å². The van der Waals surface area contributed by atoms with E-state index < -0.39 is 0 Å². The molecule has 1 aliphatic heterocycles. The van der Waals surface area contributed by atoms with Crippen LogP contribution >= 0.6 is 15.9 Å². The summed E-state index contributed by atoms with van der Waals surface area (Å²) in [5.41, 5.74) is 8.17. The highest BCUT2D eigenvalue weighted by Gasteiger charge is 2.19. The van der Waals surface area contributed by atoms with Gasteiger partial charge in [0.25, 0.3) is 0 Å². The number of nitrogens with zero attached hydrogens (tertiary/aromatic N) is 1. The summed E-state index contributed by atoms with van der Waals surface area (Å²) in [6.45, 7) is 5.27. The van der Waals surface area contributed by atoms with Gasteiger partial charge in [-0.25, -0.2) is 0 Å². The first-order valence-corrected chi connectivity index (χ1v) is 7.77. The maximum atomic E-state index is 5.66. The van der Waals surface area contributed by atoms with Crippen LogP contribution in [0.4, 0.5) is 5.69 Å². The molecular formula is C15H23BrN2. The molecule has 0 unspecified atom stereocenters. The standard InChI is InChI=1S/C15H23BrN2/c1-2-3-12-6-8-18(9-7-12)15-5-4-13(11-17)10-14(15)16/h4-5,10,12H,2-3,6-9,11,17H2,1H3. The molecule has 1 heterocycles. The van der Waals surface area contributed by atoms with Crippen LogP contribution in [0, 0.1) is 5.92 Å². The highest BCUT2D eigenvalue weighted by Crippen LogP contribution is 2.31. The predicted octanol–water partition coefficient (Wildman–Crippen LogP) is 3.92. The van der Waals surface area contributed by atoms with Crippen LogP contribution in [0.3, 0.4) is 0 Å². The smallest absolute Gasteiger partial charge is 0.0510 e. The molecule has 0 bridgehead atoms. The number of benzene rings is 1. The molecule has 0 radical (unpaired) electrons. The van der Waals surface area contributed by atoms with Crippen molar-refractivity contribution in [2.45, 2.75) is 39.2 Å². The van der Waals surface area contributed by atoms with Crippen LogP contribution in [0.15, 0.2) is 22.7 Å². The lowest BCUT2D eigenvalue weighted by atomic mass is 9.92. The fourth-order valence-corrected chi connectivity index (χ4v) is 3.48. The van der Waals surface area contributed by atoms with Gasteiger partial charge in [-0.2, -0.15) is 0 Å². The van der Waals surface area contributed by atoms with Crippen molar-refractivity contribution in [3.63, 3.8) is 0 Å². The normalized spacial score (nSPS) is 17.2. The second-order valence-corrected chi connectivity index (χ2v) is 6.06. The number of hydrogen-bond acceptors (Lipinski definition) is 2. The van der Waals surface area contributed by atoms with Crippen molar-refractivity contribution in [3.05, 3.63) is 28.2 Å². The third-order valence-corrected chi connectivity index (χ3v) is 4.54. The average Bonchev–Trinajstić information content (AvgIpc) is 2.40. The van der Waals surface area contributed by atoms with Crippen molar-refractivity contribution in [3.8, 4) is 0 Å². The van der Waals surface area contributed by atoms with E-state index >= 15 is 0 Å². The Hall–Kier alpha value is -0.540. The van der Waals surface area contributed by atoms with E-state index in [0.717, 1.165) is 5.92 Å². The summed E-state index contributed by atoms with van der Waals surface area (Å²) >= 11 is 3.67. The molecule has 100 valence electrons. The third-order valence-electron chi connectivity index (χ3n) is 3.90. The Morgan fingerprint density at radius 1 is 1.33 bits per heavy atom. The monoisotopic (exact) mass is 310 g/mol. The molecule has 1 fully saturated rings. The Balaban J connectivity index is 2.01. The number of rotatable bonds is 4. The highest BCUT2D eigenvalue weighted by molar-refractivity contribution is 9.10. The zero-order valence-corrected chi connectivity index (χ0v) is 12.7. The minimum Gasteiger partial charge on any atom is -0.371 e. The highest BCUT2D eigenvalue weighted by atomic mass is 79.9. The summed E-state index contributed by atoms with van der Waals surface area (Å²) in [4.78, 5) is 2.50. The molecule has 1 aromatic carbocycles. The van der Waals surface area contributed by atoms with Crippen molar-refractivity contribution >= 4 is 21.6 Å². The molecule has 0 atom stereocenters. The summed E-state index contributed by atoms with van der Waals surface area (Å²) in [5, 5.41) is 0. The Kier molecular flexibility index (Phi) is 5.07. The van der Waals surface area contributed by atoms with Crippen molar-refractivity contribution in [1.82, 2.24) is 0 Å². The number of piperidine rings is 1. The lowest BCUT2D eigenvalue weighted by Crippen LogP contribution is -2.33. The van der Waals surface area contributed by atoms with E-state index in [-0.39, 0.29) is 0 Å². The Labute approximate surface area is 119 Å². The number of nitrogens with two attached hydrogens (primary N) is 1. The fourth-order valence-electron chi connectivity index (χ4n) is 2.80. The summed E-state index contributed by atoms with van der Waals surface area (Å²) in [6.07, 6.45) is 5.37. The maximum Gasteiger partial charge on any atom is 0.0510 e. The third kappa shape index (κ3) is 3.27. The van der Waals surface area contributed by atoms with E-state index in [9.17, 15) is 0 Å². The zero-order chi connectivity index (χ0) is 13.0. The van der Waals surface area contributed by atoms with Gasteiger partial charge in [-0.05, 0) is 52.4 Å². The molecule has 3 heteroatoms. The molecule has 2 N–H and O–H groups in total. The molecule has 2 nitrogen and oxygen atoms in total. The van der Waals surface area contributed by atoms with E-state index in [1.165, 1.54) is 54.5 Å². The molecule has 1 aromatic rings. The van der Waals surface area contributed by atoms with Gasteiger partial charge in [0, 0.05) is 24.1 Å². The maximum absolute atomic E-state index is 5.66. The van der Waals surface area contributed by atoms with E-state index in [1.54, 1.807) is 0 Å². The second kappa shape index (κ2) is 6.58. The zero-order valence-electron chi connectivity index (χ0n) is 11.2. The first-order valence-electron chi connectivity index (χ1n) is 6.98. The molecule has 1 aliphatic rings. The van der Waals surface area contributed by atoms with Crippen LogP contribution in [-0.4, -0.2) is 13.1 Å². The van der Waals surface area contributed by atoms with Gasteiger partial charge in [0.1, 0.15) is 0 Å². The van der Waals surface area contributed by atoms with Crippen molar-refractivity contribution < 1.29 is 0 Å². The van der Waals surface area contributed by atoms with Gasteiger partial charge >= 0.3 is 0 Å². The minimum atomic E-state index is 0.609. The average molecular weight is 311 g/mol. The summed E-state index contributed by atoms with van der Waals surface area (Å²) < 4.78 is 1.18. The molecule has 2 rings (SSSR count). The van der Waals surface area contributed by atoms with Gasteiger partial charge in [-0.3, -0.25) is 0 Å². The molecule has 1 saturated heterocycles. The van der Waals surface area contributed by atoms with Gasteiger partial charge in [-0.1, -0.05) is 25.8 Å². The Morgan fingerprint density at radius 2 is 2.06 bits per heavy atom. The molecule has 0 spiro atoms. The number of halogens is 1. The van der Waals surface area contributed by atoms with Crippen molar-refractivity contribution in [2.75, 3.05) is 18.0 Å². The second-order valence-electron chi connectivity index (χ2n) is 5.21. The van der Waals surface area contributed by atoms with Gasteiger partial charge in [0.05, 0.1) is 5.69 Å². The summed E-state index contributed by atoms with van der Waals surface area (Å²) in [7, 11) is 0. The molecule has 0 aliphatic carbocycles. The van der Waals surface area contributed by atoms with Gasteiger partial charge in [0.2, 0.25) is 0 Å². The van der Waals surface area contributed by atoms with Gasteiger partial charge < -0.3 is 10.6 Å². The minimum absolute atomic E-state index is 0.609. The lowest BCUT2D eigenvalue weighted by Gasteiger charge is -2.34. The molecule has 18 heavy (non-hydrogen) atoms. The molecule has 0 amide bonds. The first-order chi connectivity index (χ1) is 8.74.